The molecule has 2 aliphatic heterocycles. The van der Waals surface area contributed by atoms with Gasteiger partial charge in [-0.25, -0.2) is 9.78 Å². The maximum atomic E-state index is 13.1. The molecule has 11 nitrogen and oxygen atoms in total. The number of ether oxygens (including phenoxy) is 1. The minimum absolute atomic E-state index is 0.174. The first kappa shape index (κ1) is 23.7. The van der Waals surface area contributed by atoms with Crippen LogP contribution in [-0.4, -0.2) is 72.2 Å². The Labute approximate surface area is 213 Å². The van der Waals surface area contributed by atoms with Crippen LogP contribution in [0.25, 0.3) is 5.69 Å². The summed E-state index contributed by atoms with van der Waals surface area (Å²) in [5.74, 6) is -0.162. The van der Waals surface area contributed by atoms with Gasteiger partial charge in [0.1, 0.15) is 18.6 Å². The number of aromatic nitrogens is 5. The number of cyclic esters (lactones) is 1. The summed E-state index contributed by atoms with van der Waals surface area (Å²) >= 11 is 0. The summed E-state index contributed by atoms with van der Waals surface area (Å²) in [7, 11) is 0. The predicted octanol–water partition coefficient (Wildman–Crippen LogP) is 1.74. The highest BCUT2D eigenvalue weighted by molar-refractivity contribution is 5.94. The SMILES string of the molecule is Cc1c([C@H](O)CN2CCC(C3(NC(=O)c4ccc(-n5cnnn5)cn4)CCC3)C2)ccc2c1COC2=O. The van der Waals surface area contributed by atoms with E-state index < -0.39 is 6.10 Å². The molecular weight excluding hydrogens is 474 g/mol. The minimum Gasteiger partial charge on any atom is -0.457 e. The van der Waals surface area contributed by atoms with E-state index in [4.69, 9.17) is 4.74 Å². The molecule has 2 atom stereocenters. The molecule has 1 unspecified atom stereocenters. The number of hydrogen-bond donors (Lipinski definition) is 2. The highest BCUT2D eigenvalue weighted by atomic mass is 16.5. The summed E-state index contributed by atoms with van der Waals surface area (Å²) in [5, 5.41) is 25.4. The van der Waals surface area contributed by atoms with Crippen LogP contribution < -0.4 is 5.32 Å². The molecule has 1 aromatic carbocycles. The van der Waals surface area contributed by atoms with Gasteiger partial charge in [-0.1, -0.05) is 6.07 Å². The summed E-state index contributed by atoms with van der Waals surface area (Å²) < 4.78 is 6.64. The Kier molecular flexibility index (Phi) is 5.96. The van der Waals surface area contributed by atoms with Crippen molar-refractivity contribution in [3.8, 4) is 5.69 Å². The normalized spacial score (nSPS) is 21.2. The van der Waals surface area contributed by atoms with E-state index in [2.05, 4.69) is 30.7 Å². The topological polar surface area (TPSA) is 135 Å². The van der Waals surface area contributed by atoms with Crippen LogP contribution in [0.2, 0.25) is 0 Å². The molecule has 192 valence electrons. The number of benzene rings is 1. The Bertz CT molecular complexity index is 1320. The average Bonchev–Trinajstić information content (AvgIpc) is 3.64. The maximum Gasteiger partial charge on any atom is 0.338 e. The molecule has 0 radical (unpaired) electrons. The first-order valence-electron chi connectivity index (χ1n) is 12.7. The fraction of sp³-hybridized carbons (Fsp3) is 0.462. The zero-order chi connectivity index (χ0) is 25.6. The number of nitrogens with one attached hydrogen (secondary N) is 1. The molecule has 1 aliphatic carbocycles. The molecule has 0 bridgehead atoms. The summed E-state index contributed by atoms with van der Waals surface area (Å²) in [6, 6.07) is 7.05. The lowest BCUT2D eigenvalue weighted by molar-refractivity contribution is 0.0534. The third-order valence-electron chi connectivity index (χ3n) is 8.25. The second-order valence-electron chi connectivity index (χ2n) is 10.3. The van der Waals surface area contributed by atoms with Gasteiger partial charge in [-0.2, -0.15) is 4.68 Å². The smallest absolute Gasteiger partial charge is 0.338 e. The Morgan fingerprint density at radius 1 is 1.30 bits per heavy atom. The molecule has 3 aromatic rings. The number of carbonyl (C=O) groups is 2. The van der Waals surface area contributed by atoms with E-state index in [0.717, 1.165) is 55.5 Å². The Morgan fingerprint density at radius 3 is 2.86 bits per heavy atom. The Balaban J connectivity index is 1.09. The number of aliphatic hydroxyl groups is 1. The summed E-state index contributed by atoms with van der Waals surface area (Å²) in [6.07, 6.45) is 6.34. The van der Waals surface area contributed by atoms with Crippen LogP contribution >= 0.6 is 0 Å². The number of β-amino-alcohol motifs (C(OH)–C–C–N with tert-alkyl or cyclic N) is 1. The molecule has 1 amide bonds. The third-order valence-corrected chi connectivity index (χ3v) is 8.25. The molecule has 2 aromatic heterocycles. The number of esters is 1. The van der Waals surface area contributed by atoms with E-state index in [-0.39, 0.29) is 24.0 Å². The molecule has 1 saturated heterocycles. The van der Waals surface area contributed by atoms with Crippen molar-refractivity contribution >= 4 is 11.9 Å². The number of nitrogens with zero attached hydrogens (tertiary/aromatic N) is 6. The largest absolute Gasteiger partial charge is 0.457 e. The number of tetrazole rings is 1. The van der Waals surface area contributed by atoms with Gasteiger partial charge in [-0.3, -0.25) is 4.79 Å². The number of carbonyl (C=O) groups excluding carboxylic acids is 2. The zero-order valence-electron chi connectivity index (χ0n) is 20.6. The van der Waals surface area contributed by atoms with Crippen molar-refractivity contribution in [2.75, 3.05) is 19.6 Å². The van der Waals surface area contributed by atoms with Gasteiger partial charge >= 0.3 is 5.97 Å². The van der Waals surface area contributed by atoms with Crippen LogP contribution in [0, 0.1) is 12.8 Å². The van der Waals surface area contributed by atoms with E-state index >= 15 is 0 Å². The second kappa shape index (κ2) is 9.31. The summed E-state index contributed by atoms with van der Waals surface area (Å²) in [6.45, 7) is 4.39. The van der Waals surface area contributed by atoms with Crippen molar-refractivity contribution in [2.24, 2.45) is 5.92 Å². The van der Waals surface area contributed by atoms with Gasteiger partial charge in [0, 0.05) is 24.2 Å². The monoisotopic (exact) mass is 503 g/mol. The van der Waals surface area contributed by atoms with Gasteiger partial charge < -0.3 is 20.1 Å². The molecule has 1 saturated carbocycles. The quantitative estimate of drug-likeness (QED) is 0.462. The number of likely N-dealkylation sites (tertiary alicyclic amines) is 1. The van der Waals surface area contributed by atoms with E-state index in [1.165, 1.54) is 11.0 Å². The highest BCUT2D eigenvalue weighted by Gasteiger charge is 2.47. The molecule has 4 heterocycles. The summed E-state index contributed by atoms with van der Waals surface area (Å²) in [5.41, 5.74) is 4.03. The van der Waals surface area contributed by atoms with Crippen LogP contribution in [0.3, 0.4) is 0 Å². The van der Waals surface area contributed by atoms with Gasteiger partial charge in [-0.15, -0.1) is 5.10 Å². The predicted molar refractivity (Wildman–Crippen MR) is 131 cm³/mol. The Morgan fingerprint density at radius 2 is 2.16 bits per heavy atom. The third kappa shape index (κ3) is 4.27. The van der Waals surface area contributed by atoms with Crippen LogP contribution in [0.4, 0.5) is 0 Å². The average molecular weight is 504 g/mol. The summed E-state index contributed by atoms with van der Waals surface area (Å²) in [4.78, 5) is 31.5. The molecule has 11 heteroatoms. The molecule has 6 rings (SSSR count). The van der Waals surface area contributed by atoms with Gasteiger partial charge in [0.05, 0.1) is 23.6 Å². The van der Waals surface area contributed by atoms with Crippen molar-refractivity contribution in [1.29, 1.82) is 0 Å². The number of fused-ring (bicyclic) bond motifs is 1. The molecule has 2 fully saturated rings. The first-order chi connectivity index (χ1) is 17.9. The fourth-order valence-electron chi connectivity index (χ4n) is 5.94. The van der Waals surface area contributed by atoms with E-state index in [1.807, 2.05) is 13.0 Å². The van der Waals surface area contributed by atoms with Crippen LogP contribution in [0.1, 0.15) is 69.3 Å². The number of aliphatic hydroxyl groups excluding tert-OH is 1. The van der Waals surface area contributed by atoms with Gasteiger partial charge in [-0.05, 0) is 84.8 Å². The highest BCUT2D eigenvalue weighted by Crippen LogP contribution is 2.43. The second-order valence-corrected chi connectivity index (χ2v) is 10.3. The van der Waals surface area contributed by atoms with Crippen LogP contribution in [-0.2, 0) is 11.3 Å². The van der Waals surface area contributed by atoms with E-state index in [1.54, 1.807) is 24.4 Å². The van der Waals surface area contributed by atoms with Crippen molar-refractivity contribution in [3.05, 3.63) is 64.7 Å². The van der Waals surface area contributed by atoms with Gasteiger partial charge in [0.15, 0.2) is 0 Å². The minimum atomic E-state index is -0.658. The number of pyridine rings is 1. The fourth-order valence-corrected chi connectivity index (χ4v) is 5.94. The van der Waals surface area contributed by atoms with Crippen LogP contribution in [0.15, 0.2) is 36.8 Å². The first-order valence-corrected chi connectivity index (χ1v) is 12.7. The molecule has 37 heavy (non-hydrogen) atoms. The number of rotatable bonds is 7. The molecule has 2 N–H and O–H groups in total. The zero-order valence-corrected chi connectivity index (χ0v) is 20.6. The lowest BCUT2D eigenvalue weighted by Crippen LogP contribution is -2.59. The molecule has 0 spiro atoms. The van der Waals surface area contributed by atoms with Gasteiger partial charge in [0.25, 0.3) is 5.91 Å². The lowest BCUT2D eigenvalue weighted by atomic mass is 9.67. The Hall–Kier alpha value is -3.70. The maximum absolute atomic E-state index is 13.1. The van der Waals surface area contributed by atoms with E-state index in [9.17, 15) is 14.7 Å². The lowest BCUT2D eigenvalue weighted by Gasteiger charge is -2.47. The standard InChI is InChI=1S/C26H29N7O4/c1-16-19(4-5-20-21(16)14-37-25(20)36)23(34)13-32-10-7-17(12-32)26(8-2-9-26)29-24(35)22-6-3-18(11-27-22)33-15-28-30-31-33/h3-6,11,15,17,23,34H,2,7-10,12-14H2,1H3,(H,29,35)/t17?,23-/m1/s1. The van der Waals surface area contributed by atoms with E-state index in [0.29, 0.717) is 29.4 Å². The number of hydrogen-bond acceptors (Lipinski definition) is 9. The van der Waals surface area contributed by atoms with Crippen molar-refractivity contribution in [1.82, 2.24) is 35.4 Å². The van der Waals surface area contributed by atoms with Crippen molar-refractivity contribution < 1.29 is 19.4 Å². The number of amides is 1. The van der Waals surface area contributed by atoms with Crippen LogP contribution in [0.5, 0.6) is 0 Å². The molecular formula is C26H29N7O4. The van der Waals surface area contributed by atoms with Gasteiger partial charge in [0.2, 0.25) is 0 Å². The van der Waals surface area contributed by atoms with Crippen molar-refractivity contribution in [2.45, 2.75) is 50.9 Å². The van der Waals surface area contributed by atoms with Crippen molar-refractivity contribution in [3.63, 3.8) is 0 Å². The molecule has 3 aliphatic rings.